The number of rotatable bonds is 16. The van der Waals surface area contributed by atoms with Gasteiger partial charge in [0.15, 0.2) is 0 Å². The van der Waals surface area contributed by atoms with Gasteiger partial charge in [0.2, 0.25) is 17.7 Å². The smallest absolute Gasteiger partial charge is 0.326 e. The fourth-order valence-corrected chi connectivity index (χ4v) is 7.42. The van der Waals surface area contributed by atoms with Crippen molar-refractivity contribution in [2.75, 3.05) is 39.9 Å². The van der Waals surface area contributed by atoms with Gasteiger partial charge in [-0.25, -0.2) is 4.79 Å². The number of aliphatic carboxylic acids is 1. The normalized spacial score (nSPS) is 17.0. The monoisotopic (exact) mass is 863 g/mol. The standard InChI is InChI=1S/C48H61N7O8/c1-29-43(56)54-39(47(60)61)27-30-9-19-40(62-24-22-50)36(26-30)37-28-34(16-20-41(37)63-25-23-51)42(45(58)52-29)55(5)46(59)38(8-6-7-21-49)53-44(57)33-12-10-31(11-13-33)32-14-17-35(18-15-32)48(2,3)4/h9-20,26,28-29,38-39,42H,6-8,21-25,27,49-51H2,1-5H3,(H,52,58)(H,53,57)(H,54,56)(H,60,61)/t29-,38-,39-,42-/m0/s1. The van der Waals surface area contributed by atoms with Crippen molar-refractivity contribution in [2.24, 2.45) is 17.2 Å². The molecular weight excluding hydrogens is 803 g/mol. The largest absolute Gasteiger partial charge is 0.492 e. The molecular formula is C48H61N7O8. The van der Waals surface area contributed by atoms with Crippen LogP contribution in [0.25, 0.3) is 22.3 Å². The summed E-state index contributed by atoms with van der Waals surface area (Å²) < 4.78 is 12.1. The molecule has 4 aromatic carbocycles. The fourth-order valence-electron chi connectivity index (χ4n) is 7.42. The first-order valence-corrected chi connectivity index (χ1v) is 21.3. The zero-order valence-electron chi connectivity index (χ0n) is 36.7. The number of amides is 4. The fraction of sp³-hybridized carbons (Fsp3) is 0.396. The van der Waals surface area contributed by atoms with E-state index < -0.39 is 53.8 Å². The van der Waals surface area contributed by atoms with Crippen LogP contribution in [0, 0.1) is 0 Å². The molecule has 0 radical (unpaired) electrons. The van der Waals surface area contributed by atoms with E-state index in [9.17, 15) is 29.1 Å². The van der Waals surface area contributed by atoms with Crippen LogP contribution in [0.15, 0.2) is 84.9 Å². The lowest BCUT2D eigenvalue weighted by Crippen LogP contribution is -2.54. The summed E-state index contributed by atoms with van der Waals surface area (Å²) in [6.45, 7) is 8.97. The van der Waals surface area contributed by atoms with E-state index in [1.807, 2.05) is 12.1 Å². The van der Waals surface area contributed by atoms with E-state index in [1.54, 1.807) is 48.5 Å². The quantitative estimate of drug-likeness (QED) is 0.0793. The van der Waals surface area contributed by atoms with Gasteiger partial charge in [0, 0.05) is 43.2 Å². The molecule has 5 rings (SSSR count). The Morgan fingerprint density at radius 2 is 1.38 bits per heavy atom. The average molecular weight is 864 g/mol. The van der Waals surface area contributed by atoms with Crippen LogP contribution < -0.4 is 42.6 Å². The summed E-state index contributed by atoms with van der Waals surface area (Å²) >= 11 is 0. The van der Waals surface area contributed by atoms with Gasteiger partial charge in [-0.3, -0.25) is 19.2 Å². The second kappa shape index (κ2) is 21.7. The Hall–Kier alpha value is -6.29. The molecule has 0 saturated carbocycles. The maximum atomic E-state index is 14.7. The Morgan fingerprint density at radius 3 is 1.95 bits per heavy atom. The minimum atomic E-state index is -1.36. The molecule has 1 aliphatic rings. The van der Waals surface area contributed by atoms with Crippen molar-refractivity contribution in [2.45, 2.75) is 83.0 Å². The minimum Gasteiger partial charge on any atom is -0.492 e. The Labute approximate surface area is 369 Å². The number of nitrogens with zero attached hydrogens (tertiary/aromatic N) is 1. The van der Waals surface area contributed by atoms with Gasteiger partial charge >= 0.3 is 5.97 Å². The summed E-state index contributed by atoms with van der Waals surface area (Å²) in [5.74, 6) is -3.02. The molecule has 15 nitrogen and oxygen atoms in total. The van der Waals surface area contributed by atoms with Crippen LogP contribution in [-0.4, -0.2) is 97.6 Å². The SMILES string of the molecule is C[C@@H]1NC(=O)[C@@H](N(C)C(=O)[C@H](CCCCN)NC(=O)c2ccc(-c3ccc(C(C)(C)C)cc3)cc2)c2ccc(OCCN)c(c2)-c2cc(ccc2OCCN)C[C@@H](C(=O)O)NC1=O. The van der Waals surface area contributed by atoms with Crippen LogP contribution in [0.4, 0.5) is 0 Å². The van der Waals surface area contributed by atoms with Gasteiger partial charge < -0.3 is 52.6 Å². The highest BCUT2D eigenvalue weighted by Crippen LogP contribution is 2.40. The molecule has 4 atom stereocenters. The highest BCUT2D eigenvalue weighted by molar-refractivity contribution is 5.99. The van der Waals surface area contributed by atoms with E-state index in [0.717, 1.165) is 11.1 Å². The Bertz CT molecular complexity index is 2240. The minimum absolute atomic E-state index is 0.00833. The molecule has 0 fully saturated rings. The predicted octanol–water partition coefficient (Wildman–Crippen LogP) is 4.05. The summed E-state index contributed by atoms with van der Waals surface area (Å²) in [4.78, 5) is 70.2. The van der Waals surface area contributed by atoms with Crippen molar-refractivity contribution >= 4 is 29.6 Å². The lowest BCUT2D eigenvalue weighted by molar-refractivity contribution is -0.143. The van der Waals surface area contributed by atoms with Crippen molar-refractivity contribution in [3.8, 4) is 33.8 Å². The maximum absolute atomic E-state index is 14.7. The molecule has 0 aliphatic carbocycles. The number of unbranched alkanes of at least 4 members (excludes halogenated alkanes) is 1. The summed E-state index contributed by atoms with van der Waals surface area (Å²) in [6, 6.07) is 20.5. The van der Waals surface area contributed by atoms with Crippen LogP contribution in [0.5, 0.6) is 11.5 Å². The van der Waals surface area contributed by atoms with Crippen molar-refractivity contribution in [1.29, 1.82) is 0 Å². The van der Waals surface area contributed by atoms with Crippen LogP contribution in [0.2, 0.25) is 0 Å². The number of carboxylic acid groups (broad SMARTS) is 1. The number of fused-ring (bicyclic) bond motifs is 5. The number of likely N-dealkylation sites (N-methyl/N-ethyl adjacent to an activating group) is 1. The molecule has 4 amide bonds. The van der Waals surface area contributed by atoms with Gasteiger partial charge in [-0.05, 0) is 102 Å². The number of ether oxygens (including phenoxy) is 2. The number of carbonyl (C=O) groups excluding carboxylic acids is 4. The average Bonchev–Trinajstić information content (AvgIpc) is 3.26. The number of hydrogen-bond acceptors (Lipinski definition) is 10. The first-order valence-electron chi connectivity index (χ1n) is 21.3. The summed E-state index contributed by atoms with van der Waals surface area (Å²) in [5.41, 5.74) is 22.8. The third kappa shape index (κ3) is 12.2. The highest BCUT2D eigenvalue weighted by Gasteiger charge is 2.36. The molecule has 10 N–H and O–H groups in total. The number of benzene rings is 4. The zero-order chi connectivity index (χ0) is 45.8. The van der Waals surface area contributed by atoms with E-state index in [-0.39, 0.29) is 44.6 Å². The summed E-state index contributed by atoms with van der Waals surface area (Å²) in [5, 5.41) is 18.3. The maximum Gasteiger partial charge on any atom is 0.326 e. The first kappa shape index (κ1) is 47.8. The zero-order valence-corrected chi connectivity index (χ0v) is 36.7. The molecule has 1 heterocycles. The molecule has 1 aliphatic heterocycles. The molecule has 0 aromatic heterocycles. The third-order valence-electron chi connectivity index (χ3n) is 11.0. The van der Waals surface area contributed by atoms with Crippen molar-refractivity contribution in [3.63, 3.8) is 0 Å². The molecule has 336 valence electrons. The Kier molecular flexibility index (Phi) is 16.4. The number of nitrogens with two attached hydrogens (primary N) is 3. The van der Waals surface area contributed by atoms with Gasteiger partial charge in [-0.15, -0.1) is 0 Å². The van der Waals surface area contributed by atoms with Crippen LogP contribution in [0.1, 0.15) is 80.0 Å². The van der Waals surface area contributed by atoms with E-state index in [4.69, 9.17) is 26.7 Å². The first-order chi connectivity index (χ1) is 30.1. The van der Waals surface area contributed by atoms with Gasteiger partial charge in [0.1, 0.15) is 48.9 Å². The molecule has 63 heavy (non-hydrogen) atoms. The summed E-state index contributed by atoms with van der Waals surface area (Å²) in [6.07, 6.45) is 1.22. The van der Waals surface area contributed by atoms with E-state index in [0.29, 0.717) is 58.7 Å². The third-order valence-corrected chi connectivity index (χ3v) is 11.0. The van der Waals surface area contributed by atoms with Crippen LogP contribution in [-0.2, 0) is 31.0 Å². The van der Waals surface area contributed by atoms with Crippen LogP contribution >= 0.6 is 0 Å². The molecule has 15 heteroatoms. The molecule has 0 saturated heterocycles. The Balaban J connectivity index is 1.55. The van der Waals surface area contributed by atoms with Crippen LogP contribution in [0.3, 0.4) is 0 Å². The second-order valence-corrected chi connectivity index (χ2v) is 16.8. The number of hydrogen-bond donors (Lipinski definition) is 7. The molecule has 0 spiro atoms. The highest BCUT2D eigenvalue weighted by atomic mass is 16.5. The van der Waals surface area contributed by atoms with E-state index in [2.05, 4.69) is 61.0 Å². The number of carbonyl (C=O) groups is 5. The second-order valence-electron chi connectivity index (χ2n) is 16.8. The van der Waals surface area contributed by atoms with Gasteiger partial charge in [0.25, 0.3) is 5.91 Å². The van der Waals surface area contributed by atoms with E-state index in [1.165, 1.54) is 24.4 Å². The van der Waals surface area contributed by atoms with Gasteiger partial charge in [0.05, 0.1) is 0 Å². The Morgan fingerprint density at radius 1 is 0.794 bits per heavy atom. The lowest BCUT2D eigenvalue weighted by atomic mass is 9.86. The molecule has 4 bridgehead atoms. The number of carboxylic acids is 1. The molecule has 4 aromatic rings. The molecule has 0 unspecified atom stereocenters. The van der Waals surface area contributed by atoms with E-state index >= 15 is 0 Å². The number of nitrogens with one attached hydrogen (secondary N) is 3. The van der Waals surface area contributed by atoms with Crippen molar-refractivity contribution in [1.82, 2.24) is 20.9 Å². The van der Waals surface area contributed by atoms with Gasteiger partial charge in [-0.2, -0.15) is 0 Å². The summed E-state index contributed by atoms with van der Waals surface area (Å²) in [7, 11) is 1.46. The van der Waals surface area contributed by atoms with Gasteiger partial charge in [-0.1, -0.05) is 69.3 Å². The van der Waals surface area contributed by atoms with Crippen molar-refractivity contribution < 1.29 is 38.6 Å². The van der Waals surface area contributed by atoms with Crippen molar-refractivity contribution in [3.05, 3.63) is 107 Å². The topological polar surface area (TPSA) is 241 Å². The predicted molar refractivity (Wildman–Crippen MR) is 242 cm³/mol. The lowest BCUT2D eigenvalue weighted by Gasteiger charge is -2.32.